The van der Waals surface area contributed by atoms with Crippen molar-refractivity contribution < 1.29 is 13.9 Å². The number of nitriles is 1. The van der Waals surface area contributed by atoms with E-state index in [2.05, 4.69) is 6.07 Å². The molecule has 17 heavy (non-hydrogen) atoms. The van der Waals surface area contributed by atoms with E-state index in [1.54, 1.807) is 13.0 Å². The van der Waals surface area contributed by atoms with E-state index in [1.165, 1.54) is 12.1 Å². The molecule has 0 bridgehead atoms. The van der Waals surface area contributed by atoms with E-state index in [-0.39, 0.29) is 18.5 Å². The predicted octanol–water partition coefficient (Wildman–Crippen LogP) is 2.48. The average molecular weight is 233 g/mol. The summed E-state index contributed by atoms with van der Waals surface area (Å²) < 4.78 is 18.1. The van der Waals surface area contributed by atoms with Crippen LogP contribution >= 0.6 is 0 Å². The van der Waals surface area contributed by atoms with Gasteiger partial charge in [-0.3, -0.25) is 4.79 Å². The lowest BCUT2D eigenvalue weighted by atomic mass is 10.0. The third-order valence-electron chi connectivity index (χ3n) is 3.00. The van der Waals surface area contributed by atoms with Crippen LogP contribution in [0.4, 0.5) is 4.39 Å². The van der Waals surface area contributed by atoms with Gasteiger partial charge in [-0.1, -0.05) is 6.07 Å². The number of rotatable bonds is 2. The lowest BCUT2D eigenvalue weighted by molar-refractivity contribution is -0.144. The highest BCUT2D eigenvalue weighted by atomic mass is 19.1. The molecule has 88 valence electrons. The summed E-state index contributed by atoms with van der Waals surface area (Å²) in [5, 5.41) is 9.02. The molecule has 0 amide bonds. The summed E-state index contributed by atoms with van der Waals surface area (Å²) in [4.78, 5) is 11.7. The molecular weight excluding hydrogens is 221 g/mol. The van der Waals surface area contributed by atoms with Gasteiger partial charge in [0.25, 0.3) is 0 Å². The molecule has 2 rings (SSSR count). The zero-order chi connectivity index (χ0) is 12.4. The lowest BCUT2D eigenvalue weighted by Gasteiger charge is -2.09. The molecule has 2 unspecified atom stereocenters. The second-order valence-electron chi connectivity index (χ2n) is 4.00. The van der Waals surface area contributed by atoms with Crippen LogP contribution in [0.25, 0.3) is 0 Å². The van der Waals surface area contributed by atoms with Crippen molar-refractivity contribution >= 4 is 5.97 Å². The van der Waals surface area contributed by atoms with Crippen LogP contribution in [0.2, 0.25) is 0 Å². The molecular formula is C13H12FNO2. The Bertz CT molecular complexity index is 493. The van der Waals surface area contributed by atoms with Gasteiger partial charge in [0, 0.05) is 0 Å². The number of nitrogens with zero attached hydrogens (tertiary/aromatic N) is 1. The maximum Gasteiger partial charge on any atom is 0.313 e. The number of fused-ring (bicyclic) bond motifs is 1. The first kappa shape index (κ1) is 11.6. The normalized spacial score (nSPS) is 21.7. The predicted molar refractivity (Wildman–Crippen MR) is 58.7 cm³/mol. The highest BCUT2D eigenvalue weighted by Gasteiger charge is 2.36. The zero-order valence-electron chi connectivity index (χ0n) is 9.44. The molecule has 0 N–H and O–H groups in total. The number of ether oxygens (including phenoxy) is 1. The van der Waals surface area contributed by atoms with E-state index in [4.69, 9.17) is 10.00 Å². The summed E-state index contributed by atoms with van der Waals surface area (Å²) in [6, 6.07) is 6.36. The SMILES string of the molecule is CCOC(=O)C1CC(C#N)c2ccc(F)cc21. The standard InChI is InChI=1S/C13H12FNO2/c1-2-17-13(16)12-5-8(7-15)10-4-3-9(14)6-11(10)12/h3-4,6,8,12H,2,5H2,1H3. The molecule has 2 atom stereocenters. The molecule has 0 saturated carbocycles. The number of esters is 1. The number of carbonyl (C=O) groups is 1. The van der Waals surface area contributed by atoms with Crippen LogP contribution < -0.4 is 0 Å². The van der Waals surface area contributed by atoms with E-state index in [1.807, 2.05) is 0 Å². The van der Waals surface area contributed by atoms with Crippen molar-refractivity contribution in [3.8, 4) is 6.07 Å². The van der Waals surface area contributed by atoms with Crippen LogP contribution in [-0.4, -0.2) is 12.6 Å². The highest BCUT2D eigenvalue weighted by Crippen LogP contribution is 2.42. The van der Waals surface area contributed by atoms with Gasteiger partial charge < -0.3 is 4.74 Å². The Balaban J connectivity index is 2.39. The number of hydrogen-bond acceptors (Lipinski definition) is 3. The fourth-order valence-electron chi connectivity index (χ4n) is 2.24. The molecule has 0 radical (unpaired) electrons. The molecule has 0 aliphatic heterocycles. The molecule has 1 aromatic rings. The molecule has 0 spiro atoms. The van der Waals surface area contributed by atoms with Gasteiger partial charge >= 0.3 is 5.97 Å². The molecule has 1 aliphatic carbocycles. The minimum absolute atomic E-state index is 0.289. The van der Waals surface area contributed by atoms with E-state index in [0.717, 1.165) is 5.56 Å². The van der Waals surface area contributed by atoms with Crippen LogP contribution in [-0.2, 0) is 9.53 Å². The van der Waals surface area contributed by atoms with Crippen molar-refractivity contribution in [1.29, 1.82) is 5.26 Å². The maximum absolute atomic E-state index is 13.2. The third kappa shape index (κ3) is 2.01. The lowest BCUT2D eigenvalue weighted by Crippen LogP contribution is -2.13. The number of hydrogen-bond donors (Lipinski definition) is 0. The summed E-state index contributed by atoms with van der Waals surface area (Å²) in [6.45, 7) is 2.01. The number of halogens is 1. The van der Waals surface area contributed by atoms with Gasteiger partial charge in [0.15, 0.2) is 0 Å². The van der Waals surface area contributed by atoms with E-state index in [9.17, 15) is 9.18 Å². The topological polar surface area (TPSA) is 50.1 Å². The van der Waals surface area contributed by atoms with Crippen molar-refractivity contribution in [3.05, 3.63) is 35.1 Å². The molecule has 0 aromatic heterocycles. The molecule has 1 aromatic carbocycles. The fourth-order valence-corrected chi connectivity index (χ4v) is 2.24. The Morgan fingerprint density at radius 2 is 2.35 bits per heavy atom. The van der Waals surface area contributed by atoms with E-state index < -0.39 is 11.7 Å². The molecule has 4 heteroatoms. The first-order valence-corrected chi connectivity index (χ1v) is 5.53. The van der Waals surface area contributed by atoms with Gasteiger partial charge in [-0.2, -0.15) is 5.26 Å². The van der Waals surface area contributed by atoms with Gasteiger partial charge in [0.1, 0.15) is 5.82 Å². The quantitative estimate of drug-likeness (QED) is 0.737. The molecule has 0 fully saturated rings. The average Bonchev–Trinajstić information content (AvgIpc) is 2.67. The monoisotopic (exact) mass is 233 g/mol. The fraction of sp³-hybridized carbons (Fsp3) is 0.385. The van der Waals surface area contributed by atoms with Crippen LogP contribution in [0.3, 0.4) is 0 Å². The first-order chi connectivity index (χ1) is 8.17. The van der Waals surface area contributed by atoms with Crippen molar-refractivity contribution in [1.82, 2.24) is 0 Å². The number of carbonyl (C=O) groups excluding carboxylic acids is 1. The molecule has 0 saturated heterocycles. The summed E-state index contributed by atoms with van der Waals surface area (Å²) >= 11 is 0. The van der Waals surface area contributed by atoms with Crippen LogP contribution in [0.15, 0.2) is 18.2 Å². The Labute approximate surface area is 98.8 Å². The minimum Gasteiger partial charge on any atom is -0.466 e. The van der Waals surface area contributed by atoms with Crippen LogP contribution in [0.5, 0.6) is 0 Å². The largest absolute Gasteiger partial charge is 0.466 e. The van der Waals surface area contributed by atoms with Crippen molar-refractivity contribution in [2.75, 3.05) is 6.61 Å². The first-order valence-electron chi connectivity index (χ1n) is 5.53. The second-order valence-corrected chi connectivity index (χ2v) is 4.00. The van der Waals surface area contributed by atoms with Gasteiger partial charge in [-0.15, -0.1) is 0 Å². The Morgan fingerprint density at radius 1 is 1.59 bits per heavy atom. The Kier molecular flexibility index (Phi) is 3.10. The molecule has 3 nitrogen and oxygen atoms in total. The van der Waals surface area contributed by atoms with E-state index >= 15 is 0 Å². The van der Waals surface area contributed by atoms with Crippen molar-refractivity contribution in [3.63, 3.8) is 0 Å². The summed E-state index contributed by atoms with van der Waals surface area (Å²) in [5.74, 6) is -1.63. The molecule has 0 heterocycles. The van der Waals surface area contributed by atoms with Gasteiger partial charge in [0.2, 0.25) is 0 Å². The minimum atomic E-state index is -0.509. The van der Waals surface area contributed by atoms with Gasteiger partial charge in [-0.25, -0.2) is 4.39 Å². The summed E-state index contributed by atoms with van der Waals surface area (Å²) in [5.41, 5.74) is 1.34. The third-order valence-corrected chi connectivity index (χ3v) is 3.00. The van der Waals surface area contributed by atoms with E-state index in [0.29, 0.717) is 12.0 Å². The van der Waals surface area contributed by atoms with Crippen LogP contribution in [0.1, 0.15) is 36.3 Å². The van der Waals surface area contributed by atoms with Crippen molar-refractivity contribution in [2.45, 2.75) is 25.2 Å². The zero-order valence-corrected chi connectivity index (χ0v) is 9.44. The second kappa shape index (κ2) is 4.54. The van der Waals surface area contributed by atoms with Gasteiger partial charge in [-0.05, 0) is 36.6 Å². The molecule has 1 aliphatic rings. The maximum atomic E-state index is 13.2. The Morgan fingerprint density at radius 3 is 3.00 bits per heavy atom. The van der Waals surface area contributed by atoms with Crippen LogP contribution in [0, 0.1) is 17.1 Å². The Hall–Kier alpha value is -1.89. The van der Waals surface area contributed by atoms with Gasteiger partial charge in [0.05, 0.1) is 24.5 Å². The smallest absolute Gasteiger partial charge is 0.313 e. The number of benzene rings is 1. The summed E-state index contributed by atoms with van der Waals surface area (Å²) in [6.07, 6.45) is 0.383. The van der Waals surface area contributed by atoms with Crippen molar-refractivity contribution in [2.24, 2.45) is 0 Å². The summed E-state index contributed by atoms with van der Waals surface area (Å²) in [7, 11) is 0. The highest BCUT2D eigenvalue weighted by molar-refractivity contribution is 5.80.